The standard InChI is InChI=1S/C12H12N4O2/c1-17-10-4-2-3-5-11(10)18-7-6-16-9-14-12(8-13)15-16/h2-5,9H,6-7H2,1H3. The average molecular weight is 244 g/mol. The molecule has 0 amide bonds. The lowest BCUT2D eigenvalue weighted by Gasteiger charge is -2.09. The molecule has 1 aromatic heterocycles. The zero-order valence-electron chi connectivity index (χ0n) is 9.91. The Morgan fingerprint density at radius 2 is 2.11 bits per heavy atom. The lowest BCUT2D eigenvalue weighted by Crippen LogP contribution is -2.09. The molecule has 0 bridgehead atoms. The number of nitriles is 1. The van der Waals surface area contributed by atoms with Gasteiger partial charge in [0.15, 0.2) is 11.5 Å². The molecule has 1 aromatic carbocycles. The van der Waals surface area contributed by atoms with Crippen molar-refractivity contribution >= 4 is 0 Å². The average Bonchev–Trinajstić information content (AvgIpc) is 2.87. The third-order valence-corrected chi connectivity index (χ3v) is 2.28. The van der Waals surface area contributed by atoms with Gasteiger partial charge in [-0.2, -0.15) is 5.26 Å². The summed E-state index contributed by atoms with van der Waals surface area (Å²) in [5.41, 5.74) is 0. The van der Waals surface area contributed by atoms with E-state index < -0.39 is 0 Å². The van der Waals surface area contributed by atoms with E-state index in [1.54, 1.807) is 11.8 Å². The van der Waals surface area contributed by atoms with Crippen LogP contribution in [0, 0.1) is 11.3 Å². The van der Waals surface area contributed by atoms with Crippen LogP contribution in [0.25, 0.3) is 0 Å². The lowest BCUT2D eigenvalue weighted by atomic mass is 10.3. The highest BCUT2D eigenvalue weighted by Gasteiger charge is 2.03. The van der Waals surface area contributed by atoms with E-state index >= 15 is 0 Å². The van der Waals surface area contributed by atoms with Crippen molar-refractivity contribution < 1.29 is 9.47 Å². The van der Waals surface area contributed by atoms with E-state index in [0.717, 1.165) is 0 Å². The van der Waals surface area contributed by atoms with E-state index in [-0.39, 0.29) is 5.82 Å². The fraction of sp³-hybridized carbons (Fsp3) is 0.250. The highest BCUT2D eigenvalue weighted by atomic mass is 16.5. The smallest absolute Gasteiger partial charge is 0.252 e. The molecular weight excluding hydrogens is 232 g/mol. The Morgan fingerprint density at radius 1 is 1.33 bits per heavy atom. The Labute approximate surface area is 104 Å². The van der Waals surface area contributed by atoms with Crippen molar-refractivity contribution in [3.05, 3.63) is 36.4 Å². The first-order valence-corrected chi connectivity index (χ1v) is 5.39. The molecule has 18 heavy (non-hydrogen) atoms. The van der Waals surface area contributed by atoms with Gasteiger partial charge in [0.2, 0.25) is 0 Å². The van der Waals surface area contributed by atoms with Crippen LogP contribution in [-0.2, 0) is 6.54 Å². The summed E-state index contributed by atoms with van der Waals surface area (Å²) in [7, 11) is 1.60. The summed E-state index contributed by atoms with van der Waals surface area (Å²) in [6, 6.07) is 9.29. The van der Waals surface area contributed by atoms with Crippen molar-refractivity contribution in [1.82, 2.24) is 14.8 Å². The Hall–Kier alpha value is -2.55. The van der Waals surface area contributed by atoms with Gasteiger partial charge in [-0.25, -0.2) is 9.67 Å². The summed E-state index contributed by atoms with van der Waals surface area (Å²) < 4.78 is 12.3. The fourth-order valence-corrected chi connectivity index (χ4v) is 1.44. The van der Waals surface area contributed by atoms with Gasteiger partial charge in [0.25, 0.3) is 5.82 Å². The molecule has 0 atom stereocenters. The third-order valence-electron chi connectivity index (χ3n) is 2.28. The maximum atomic E-state index is 8.59. The molecule has 0 unspecified atom stereocenters. The summed E-state index contributed by atoms with van der Waals surface area (Å²) in [6.45, 7) is 0.946. The number of ether oxygens (including phenoxy) is 2. The molecule has 0 aliphatic carbocycles. The summed E-state index contributed by atoms with van der Waals surface area (Å²) in [5.74, 6) is 1.53. The predicted octanol–water partition coefficient (Wildman–Crippen LogP) is 1.24. The summed E-state index contributed by atoms with van der Waals surface area (Å²) in [6.07, 6.45) is 1.50. The molecule has 1 heterocycles. The number of nitrogens with zero attached hydrogens (tertiary/aromatic N) is 4. The van der Waals surface area contributed by atoms with Crippen molar-refractivity contribution in [2.45, 2.75) is 6.54 Å². The Morgan fingerprint density at radius 3 is 2.78 bits per heavy atom. The van der Waals surface area contributed by atoms with Crippen LogP contribution in [0.1, 0.15) is 5.82 Å². The van der Waals surface area contributed by atoms with E-state index in [9.17, 15) is 0 Å². The summed E-state index contributed by atoms with van der Waals surface area (Å²) in [4.78, 5) is 3.80. The minimum Gasteiger partial charge on any atom is -0.493 e. The number of rotatable bonds is 5. The van der Waals surface area contributed by atoms with Crippen molar-refractivity contribution in [3.63, 3.8) is 0 Å². The monoisotopic (exact) mass is 244 g/mol. The van der Waals surface area contributed by atoms with Gasteiger partial charge in [0, 0.05) is 0 Å². The van der Waals surface area contributed by atoms with E-state index in [4.69, 9.17) is 14.7 Å². The highest BCUT2D eigenvalue weighted by molar-refractivity contribution is 5.39. The second-order valence-corrected chi connectivity index (χ2v) is 3.44. The molecule has 0 N–H and O–H groups in total. The molecule has 0 fully saturated rings. The number of hydrogen-bond donors (Lipinski definition) is 0. The molecule has 0 radical (unpaired) electrons. The topological polar surface area (TPSA) is 73.0 Å². The molecule has 0 spiro atoms. The first-order chi connectivity index (χ1) is 8.83. The van der Waals surface area contributed by atoms with Crippen LogP contribution in [0.3, 0.4) is 0 Å². The fourth-order valence-electron chi connectivity index (χ4n) is 1.44. The minimum atomic E-state index is 0.160. The molecule has 6 heteroatoms. The Balaban J connectivity index is 1.90. The van der Waals surface area contributed by atoms with E-state index in [2.05, 4.69) is 10.1 Å². The van der Waals surface area contributed by atoms with Crippen LogP contribution in [0.4, 0.5) is 0 Å². The van der Waals surface area contributed by atoms with Crippen molar-refractivity contribution in [2.75, 3.05) is 13.7 Å². The molecular formula is C12H12N4O2. The molecule has 92 valence electrons. The number of benzene rings is 1. The van der Waals surface area contributed by atoms with E-state index in [1.165, 1.54) is 6.33 Å². The van der Waals surface area contributed by atoms with Crippen LogP contribution < -0.4 is 9.47 Å². The molecule has 0 saturated carbocycles. The zero-order valence-corrected chi connectivity index (χ0v) is 9.91. The van der Waals surface area contributed by atoms with Gasteiger partial charge in [-0.15, -0.1) is 5.10 Å². The molecule has 6 nitrogen and oxygen atoms in total. The summed E-state index contributed by atoms with van der Waals surface area (Å²) >= 11 is 0. The number of aromatic nitrogens is 3. The normalized spacial score (nSPS) is 9.78. The number of para-hydroxylation sites is 2. The maximum Gasteiger partial charge on any atom is 0.252 e. The molecule has 2 aromatic rings. The predicted molar refractivity (Wildman–Crippen MR) is 63.2 cm³/mol. The van der Waals surface area contributed by atoms with Crippen molar-refractivity contribution in [3.8, 4) is 17.6 Å². The first-order valence-electron chi connectivity index (χ1n) is 5.39. The SMILES string of the molecule is COc1ccccc1OCCn1cnc(C#N)n1. The van der Waals surface area contributed by atoms with Crippen LogP contribution in [0.5, 0.6) is 11.5 Å². The third kappa shape index (κ3) is 2.77. The summed E-state index contributed by atoms with van der Waals surface area (Å²) in [5, 5.41) is 12.5. The number of methoxy groups -OCH3 is 1. The number of hydrogen-bond acceptors (Lipinski definition) is 5. The van der Waals surface area contributed by atoms with Crippen LogP contribution >= 0.6 is 0 Å². The quantitative estimate of drug-likeness (QED) is 0.791. The lowest BCUT2D eigenvalue weighted by molar-refractivity contribution is 0.274. The molecule has 0 aliphatic heterocycles. The van der Waals surface area contributed by atoms with Gasteiger partial charge in [0.05, 0.1) is 13.7 Å². The molecule has 0 saturated heterocycles. The van der Waals surface area contributed by atoms with Crippen LogP contribution in [0.15, 0.2) is 30.6 Å². The minimum absolute atomic E-state index is 0.160. The van der Waals surface area contributed by atoms with Gasteiger partial charge >= 0.3 is 0 Å². The van der Waals surface area contributed by atoms with E-state index in [0.29, 0.717) is 24.7 Å². The Kier molecular flexibility index (Phi) is 3.76. The van der Waals surface area contributed by atoms with Crippen molar-refractivity contribution in [2.24, 2.45) is 0 Å². The second-order valence-electron chi connectivity index (χ2n) is 3.44. The van der Waals surface area contributed by atoms with Gasteiger partial charge in [-0.3, -0.25) is 0 Å². The second kappa shape index (κ2) is 5.68. The molecule has 0 aliphatic rings. The highest BCUT2D eigenvalue weighted by Crippen LogP contribution is 2.25. The van der Waals surface area contributed by atoms with Gasteiger partial charge < -0.3 is 9.47 Å². The van der Waals surface area contributed by atoms with E-state index in [1.807, 2.05) is 30.3 Å². The van der Waals surface area contributed by atoms with Crippen LogP contribution in [0.2, 0.25) is 0 Å². The maximum absolute atomic E-state index is 8.59. The van der Waals surface area contributed by atoms with Gasteiger partial charge in [-0.1, -0.05) is 12.1 Å². The van der Waals surface area contributed by atoms with Gasteiger partial charge in [0.1, 0.15) is 19.0 Å². The van der Waals surface area contributed by atoms with Crippen LogP contribution in [-0.4, -0.2) is 28.5 Å². The largest absolute Gasteiger partial charge is 0.493 e. The van der Waals surface area contributed by atoms with Crippen molar-refractivity contribution in [1.29, 1.82) is 5.26 Å². The first kappa shape index (κ1) is 11.9. The molecule has 2 rings (SSSR count). The Bertz CT molecular complexity index is 559. The zero-order chi connectivity index (χ0) is 12.8. The van der Waals surface area contributed by atoms with Gasteiger partial charge in [-0.05, 0) is 12.1 Å².